The highest BCUT2D eigenvalue weighted by atomic mass is 15.3. The van der Waals surface area contributed by atoms with Gasteiger partial charge in [-0.15, -0.1) is 0 Å². The molecule has 4 nitrogen and oxygen atoms in total. The van der Waals surface area contributed by atoms with Gasteiger partial charge in [0.1, 0.15) is 0 Å². The van der Waals surface area contributed by atoms with Crippen LogP contribution in [0.5, 0.6) is 0 Å². The molecular formula is C17H24N4. The molecular weight excluding hydrogens is 260 g/mol. The quantitative estimate of drug-likeness (QED) is 0.858. The maximum atomic E-state index is 5.83. The number of benzene rings is 1. The van der Waals surface area contributed by atoms with Crippen LogP contribution in [-0.2, 0) is 13.1 Å². The molecule has 1 heterocycles. The summed E-state index contributed by atoms with van der Waals surface area (Å²) in [7, 11) is 2.12. The van der Waals surface area contributed by atoms with Crippen LogP contribution in [0.25, 0.3) is 0 Å². The largest absolute Gasteiger partial charge is 0.399 e. The topological polar surface area (TPSA) is 47.1 Å². The van der Waals surface area contributed by atoms with Gasteiger partial charge in [-0.2, -0.15) is 5.10 Å². The minimum absolute atomic E-state index is 0.623. The van der Waals surface area contributed by atoms with Crippen molar-refractivity contribution in [3.8, 4) is 0 Å². The predicted molar refractivity (Wildman–Crippen MR) is 85.8 cm³/mol. The lowest BCUT2D eigenvalue weighted by Crippen LogP contribution is -2.18. The fraction of sp³-hybridized carbons (Fsp3) is 0.471. The fourth-order valence-electron chi connectivity index (χ4n) is 3.17. The first-order chi connectivity index (χ1) is 10.2. The summed E-state index contributed by atoms with van der Waals surface area (Å²) in [6.07, 6.45) is 7.38. The van der Waals surface area contributed by atoms with E-state index in [-0.39, 0.29) is 0 Å². The Morgan fingerprint density at radius 3 is 2.81 bits per heavy atom. The number of aromatic nitrogens is 2. The number of hydrogen-bond acceptors (Lipinski definition) is 3. The fourth-order valence-corrected chi connectivity index (χ4v) is 3.17. The van der Waals surface area contributed by atoms with Crippen molar-refractivity contribution >= 4 is 5.69 Å². The molecule has 0 spiro atoms. The summed E-state index contributed by atoms with van der Waals surface area (Å²) >= 11 is 0. The van der Waals surface area contributed by atoms with Crippen LogP contribution in [-0.4, -0.2) is 21.7 Å². The molecule has 4 heteroatoms. The Hall–Kier alpha value is -1.81. The number of anilines is 1. The molecule has 0 aliphatic heterocycles. The average Bonchev–Trinajstić information content (AvgIpc) is 3.08. The van der Waals surface area contributed by atoms with Crippen molar-refractivity contribution in [2.75, 3.05) is 12.8 Å². The predicted octanol–water partition coefficient (Wildman–Crippen LogP) is 3.21. The van der Waals surface area contributed by atoms with Gasteiger partial charge in [0.15, 0.2) is 0 Å². The van der Waals surface area contributed by atoms with Crippen LogP contribution < -0.4 is 5.73 Å². The lowest BCUT2D eigenvalue weighted by molar-refractivity contribution is 0.312. The number of hydrogen-bond donors (Lipinski definition) is 1. The van der Waals surface area contributed by atoms with Crippen LogP contribution in [0, 0.1) is 0 Å². The Labute approximate surface area is 126 Å². The maximum Gasteiger partial charge on any atom is 0.0764 e. The molecule has 1 aromatic heterocycles. The summed E-state index contributed by atoms with van der Waals surface area (Å²) in [5.74, 6) is 0. The summed E-state index contributed by atoms with van der Waals surface area (Å²) in [5, 5.41) is 4.74. The summed E-state index contributed by atoms with van der Waals surface area (Å²) < 4.78 is 2.16. The third-order valence-electron chi connectivity index (χ3n) is 4.20. The zero-order valence-corrected chi connectivity index (χ0v) is 12.7. The summed E-state index contributed by atoms with van der Waals surface area (Å²) in [6, 6.07) is 10.9. The van der Waals surface area contributed by atoms with Crippen molar-refractivity contribution in [3.05, 3.63) is 47.8 Å². The number of nitrogens with zero attached hydrogens (tertiary/aromatic N) is 3. The molecule has 1 aliphatic rings. The molecule has 2 N–H and O–H groups in total. The van der Waals surface area contributed by atoms with E-state index in [1.54, 1.807) is 0 Å². The van der Waals surface area contributed by atoms with Gasteiger partial charge in [-0.25, -0.2) is 0 Å². The first-order valence-electron chi connectivity index (χ1n) is 7.78. The second kappa shape index (κ2) is 6.31. The second-order valence-corrected chi connectivity index (χ2v) is 6.14. The highest BCUT2D eigenvalue weighted by Crippen LogP contribution is 2.28. The normalized spacial score (nSPS) is 15.9. The van der Waals surface area contributed by atoms with Crippen molar-refractivity contribution in [2.24, 2.45) is 0 Å². The molecule has 1 fully saturated rings. The zero-order valence-electron chi connectivity index (χ0n) is 12.7. The molecule has 2 aromatic rings. The highest BCUT2D eigenvalue weighted by molar-refractivity contribution is 5.40. The second-order valence-electron chi connectivity index (χ2n) is 6.14. The molecule has 0 bridgehead atoms. The minimum Gasteiger partial charge on any atom is -0.399 e. The maximum absolute atomic E-state index is 5.83. The van der Waals surface area contributed by atoms with Crippen LogP contribution >= 0.6 is 0 Å². The van der Waals surface area contributed by atoms with Crippen molar-refractivity contribution < 1.29 is 0 Å². The zero-order chi connectivity index (χ0) is 14.7. The van der Waals surface area contributed by atoms with E-state index < -0.39 is 0 Å². The lowest BCUT2D eigenvalue weighted by Gasteiger charge is -2.16. The van der Waals surface area contributed by atoms with E-state index in [0.29, 0.717) is 6.04 Å². The van der Waals surface area contributed by atoms with Gasteiger partial charge in [-0.3, -0.25) is 9.58 Å². The van der Waals surface area contributed by atoms with Gasteiger partial charge in [0.05, 0.1) is 11.7 Å². The Morgan fingerprint density at radius 2 is 2.05 bits per heavy atom. The SMILES string of the molecule is CN(Cc1cccc(N)c1)Cc1ccn(C2CCCC2)n1. The first kappa shape index (κ1) is 14.1. The van der Waals surface area contributed by atoms with Crippen LogP contribution in [0.1, 0.15) is 43.0 Å². The van der Waals surface area contributed by atoms with Gasteiger partial charge in [-0.05, 0) is 43.7 Å². The third kappa shape index (κ3) is 3.64. The smallest absolute Gasteiger partial charge is 0.0764 e. The summed E-state index contributed by atoms with van der Waals surface area (Å²) in [5.41, 5.74) is 9.04. The van der Waals surface area contributed by atoms with E-state index in [4.69, 9.17) is 10.8 Å². The molecule has 1 aromatic carbocycles. The van der Waals surface area contributed by atoms with Crippen LogP contribution in [0.3, 0.4) is 0 Å². The molecule has 0 radical (unpaired) electrons. The summed E-state index contributed by atoms with van der Waals surface area (Å²) in [4.78, 5) is 2.27. The molecule has 112 valence electrons. The summed E-state index contributed by atoms with van der Waals surface area (Å²) in [6.45, 7) is 1.76. The van der Waals surface area contributed by atoms with Crippen LogP contribution in [0.2, 0.25) is 0 Å². The monoisotopic (exact) mass is 284 g/mol. The van der Waals surface area contributed by atoms with Crippen molar-refractivity contribution in [3.63, 3.8) is 0 Å². The Morgan fingerprint density at radius 1 is 1.24 bits per heavy atom. The Balaban J connectivity index is 1.58. The third-order valence-corrected chi connectivity index (χ3v) is 4.20. The Kier molecular flexibility index (Phi) is 4.25. The van der Waals surface area contributed by atoms with Crippen molar-refractivity contribution in [2.45, 2.75) is 44.8 Å². The van der Waals surface area contributed by atoms with Crippen LogP contribution in [0.4, 0.5) is 5.69 Å². The van der Waals surface area contributed by atoms with E-state index in [0.717, 1.165) is 24.5 Å². The van der Waals surface area contributed by atoms with E-state index in [9.17, 15) is 0 Å². The molecule has 1 aliphatic carbocycles. The number of nitrogen functional groups attached to an aromatic ring is 1. The average molecular weight is 284 g/mol. The van der Waals surface area contributed by atoms with E-state index in [1.807, 2.05) is 18.2 Å². The van der Waals surface area contributed by atoms with Crippen molar-refractivity contribution in [1.82, 2.24) is 14.7 Å². The van der Waals surface area contributed by atoms with Gasteiger partial charge in [0.25, 0.3) is 0 Å². The van der Waals surface area contributed by atoms with E-state index in [1.165, 1.54) is 31.2 Å². The molecule has 21 heavy (non-hydrogen) atoms. The van der Waals surface area contributed by atoms with Crippen LogP contribution in [0.15, 0.2) is 36.5 Å². The molecule has 1 saturated carbocycles. The minimum atomic E-state index is 0.623. The van der Waals surface area contributed by atoms with Gasteiger partial charge in [0.2, 0.25) is 0 Å². The van der Waals surface area contributed by atoms with Gasteiger partial charge in [-0.1, -0.05) is 25.0 Å². The first-order valence-corrected chi connectivity index (χ1v) is 7.78. The van der Waals surface area contributed by atoms with E-state index in [2.05, 4.69) is 35.0 Å². The highest BCUT2D eigenvalue weighted by Gasteiger charge is 2.17. The van der Waals surface area contributed by atoms with Gasteiger partial charge >= 0.3 is 0 Å². The molecule has 0 atom stereocenters. The molecule has 0 amide bonds. The van der Waals surface area contributed by atoms with Gasteiger partial charge < -0.3 is 5.73 Å². The lowest BCUT2D eigenvalue weighted by atomic mass is 10.2. The standard InChI is InChI=1S/C17H24N4/c1-20(12-14-5-4-6-15(18)11-14)13-16-9-10-21(19-16)17-7-2-3-8-17/h4-6,9-11,17H,2-3,7-8,12-13,18H2,1H3. The molecule has 0 unspecified atom stereocenters. The molecule has 0 saturated heterocycles. The number of nitrogens with two attached hydrogens (primary N) is 1. The van der Waals surface area contributed by atoms with Crippen molar-refractivity contribution in [1.29, 1.82) is 0 Å². The Bertz CT molecular complexity index is 584. The van der Waals surface area contributed by atoms with E-state index >= 15 is 0 Å². The molecule has 3 rings (SSSR count). The van der Waals surface area contributed by atoms with Gasteiger partial charge in [0, 0.05) is 25.0 Å². The number of rotatable bonds is 5.